The Bertz CT molecular complexity index is 550. The second kappa shape index (κ2) is 5.55. The van der Waals surface area contributed by atoms with E-state index in [1.165, 1.54) is 12.2 Å². The predicted octanol–water partition coefficient (Wildman–Crippen LogP) is 0.202. The molecule has 0 saturated heterocycles. The van der Waals surface area contributed by atoms with E-state index in [-0.39, 0.29) is 25.0 Å². The van der Waals surface area contributed by atoms with Crippen LogP contribution in [0.3, 0.4) is 0 Å². The molecule has 2 bridgehead atoms. The molecule has 4 atom stereocenters. The van der Waals surface area contributed by atoms with Gasteiger partial charge in [-0.1, -0.05) is 0 Å². The van der Waals surface area contributed by atoms with Gasteiger partial charge in [-0.05, 0) is 31.1 Å². The SMILES string of the molecule is O=C(O)C1C2CCC(C2)C1C(=O)OCCN1C(=O)C=CC1=O. The molecule has 0 aromatic carbocycles. The first-order valence-electron chi connectivity index (χ1n) is 7.42. The standard InChI is InChI=1S/C15H17NO6/c17-10-3-4-11(18)16(10)5-6-22-15(21)13-9-2-1-8(7-9)12(13)14(19)20/h3-4,8-9,12-13H,1-2,5-7H2,(H,19,20). The molecule has 4 unspecified atom stereocenters. The highest BCUT2D eigenvalue weighted by Gasteiger charge is 2.54. The van der Waals surface area contributed by atoms with Crippen LogP contribution in [0.2, 0.25) is 0 Å². The van der Waals surface area contributed by atoms with Gasteiger partial charge in [0.25, 0.3) is 11.8 Å². The number of fused-ring (bicyclic) bond motifs is 2. The molecular weight excluding hydrogens is 290 g/mol. The average molecular weight is 307 g/mol. The summed E-state index contributed by atoms with van der Waals surface area (Å²) in [6.45, 7) is -0.104. The second-order valence-electron chi connectivity index (χ2n) is 6.05. The van der Waals surface area contributed by atoms with Crippen molar-refractivity contribution in [1.82, 2.24) is 4.90 Å². The number of rotatable bonds is 5. The molecule has 2 aliphatic carbocycles. The van der Waals surface area contributed by atoms with Crippen molar-refractivity contribution in [2.24, 2.45) is 23.7 Å². The number of hydrogen-bond donors (Lipinski definition) is 1. The predicted molar refractivity (Wildman–Crippen MR) is 72.3 cm³/mol. The van der Waals surface area contributed by atoms with Crippen LogP contribution in [0.4, 0.5) is 0 Å². The lowest BCUT2D eigenvalue weighted by atomic mass is 9.79. The highest BCUT2D eigenvalue weighted by Crippen LogP contribution is 2.52. The van der Waals surface area contributed by atoms with Gasteiger partial charge >= 0.3 is 11.9 Å². The molecular formula is C15H17NO6. The maximum Gasteiger partial charge on any atom is 0.310 e. The largest absolute Gasteiger partial charge is 0.481 e. The molecule has 2 saturated carbocycles. The Morgan fingerprint density at radius 3 is 2.32 bits per heavy atom. The van der Waals surface area contributed by atoms with Crippen molar-refractivity contribution in [2.45, 2.75) is 19.3 Å². The van der Waals surface area contributed by atoms with Crippen LogP contribution in [0, 0.1) is 23.7 Å². The highest BCUT2D eigenvalue weighted by atomic mass is 16.5. The highest BCUT2D eigenvalue weighted by molar-refractivity contribution is 6.12. The number of carboxylic acid groups (broad SMARTS) is 1. The first kappa shape index (κ1) is 14.7. The molecule has 7 nitrogen and oxygen atoms in total. The smallest absolute Gasteiger partial charge is 0.310 e. The zero-order chi connectivity index (χ0) is 15.9. The summed E-state index contributed by atoms with van der Waals surface area (Å²) in [5.41, 5.74) is 0. The third kappa shape index (κ3) is 2.40. The van der Waals surface area contributed by atoms with Crippen molar-refractivity contribution in [3.05, 3.63) is 12.2 Å². The van der Waals surface area contributed by atoms with Crippen LogP contribution >= 0.6 is 0 Å². The molecule has 0 radical (unpaired) electrons. The minimum atomic E-state index is -0.941. The van der Waals surface area contributed by atoms with Crippen LogP contribution in [0.5, 0.6) is 0 Å². The summed E-state index contributed by atoms with van der Waals surface area (Å²) < 4.78 is 5.14. The maximum absolute atomic E-state index is 12.2. The Morgan fingerprint density at radius 1 is 1.14 bits per heavy atom. The van der Waals surface area contributed by atoms with Crippen molar-refractivity contribution in [3.63, 3.8) is 0 Å². The second-order valence-corrected chi connectivity index (χ2v) is 6.05. The molecule has 2 fully saturated rings. The topological polar surface area (TPSA) is 101 Å². The lowest BCUT2D eigenvalue weighted by Crippen LogP contribution is -2.38. The quantitative estimate of drug-likeness (QED) is 0.575. The molecule has 1 N–H and O–H groups in total. The van der Waals surface area contributed by atoms with E-state index in [2.05, 4.69) is 0 Å². The third-order valence-electron chi connectivity index (χ3n) is 4.93. The number of esters is 1. The molecule has 118 valence electrons. The number of nitrogens with zero attached hydrogens (tertiary/aromatic N) is 1. The molecule has 0 spiro atoms. The zero-order valence-corrected chi connectivity index (χ0v) is 11.9. The Hall–Kier alpha value is -2.18. The molecule has 7 heteroatoms. The fourth-order valence-electron chi connectivity index (χ4n) is 3.97. The van der Waals surface area contributed by atoms with Crippen LogP contribution in [0.15, 0.2) is 12.2 Å². The summed E-state index contributed by atoms with van der Waals surface area (Å²) in [7, 11) is 0. The summed E-state index contributed by atoms with van der Waals surface area (Å²) in [5, 5.41) is 9.31. The van der Waals surface area contributed by atoms with E-state index >= 15 is 0 Å². The number of hydrogen-bond acceptors (Lipinski definition) is 5. The fraction of sp³-hybridized carbons (Fsp3) is 0.600. The summed E-state index contributed by atoms with van der Waals surface area (Å²) in [6, 6.07) is 0. The van der Waals surface area contributed by atoms with Gasteiger partial charge < -0.3 is 9.84 Å². The van der Waals surface area contributed by atoms with Crippen LogP contribution in [0.1, 0.15) is 19.3 Å². The van der Waals surface area contributed by atoms with E-state index in [0.29, 0.717) is 0 Å². The monoisotopic (exact) mass is 307 g/mol. The fourth-order valence-corrected chi connectivity index (χ4v) is 3.97. The van der Waals surface area contributed by atoms with Gasteiger partial charge in [0, 0.05) is 12.2 Å². The van der Waals surface area contributed by atoms with Gasteiger partial charge in [-0.15, -0.1) is 0 Å². The van der Waals surface area contributed by atoms with Crippen LogP contribution in [-0.4, -0.2) is 46.9 Å². The zero-order valence-electron chi connectivity index (χ0n) is 11.9. The molecule has 1 aliphatic heterocycles. The van der Waals surface area contributed by atoms with Gasteiger partial charge in [-0.2, -0.15) is 0 Å². The molecule has 3 aliphatic rings. The minimum Gasteiger partial charge on any atom is -0.481 e. The first-order valence-corrected chi connectivity index (χ1v) is 7.42. The molecule has 0 aromatic rings. The Labute approximate surface area is 126 Å². The van der Waals surface area contributed by atoms with Crippen LogP contribution in [-0.2, 0) is 23.9 Å². The van der Waals surface area contributed by atoms with E-state index in [9.17, 15) is 24.3 Å². The summed E-state index contributed by atoms with van der Waals surface area (Å²) in [4.78, 5) is 47.3. The van der Waals surface area contributed by atoms with E-state index < -0.39 is 35.6 Å². The van der Waals surface area contributed by atoms with Crippen LogP contribution in [0.25, 0.3) is 0 Å². The number of ether oxygens (including phenoxy) is 1. The molecule has 0 aromatic heterocycles. The lowest BCUT2D eigenvalue weighted by molar-refractivity contribution is -0.161. The van der Waals surface area contributed by atoms with Crippen molar-refractivity contribution < 1.29 is 29.0 Å². The number of amides is 2. The molecule has 1 heterocycles. The Morgan fingerprint density at radius 2 is 1.73 bits per heavy atom. The average Bonchev–Trinajstić information content (AvgIpc) is 3.16. The van der Waals surface area contributed by atoms with Gasteiger partial charge in [-0.3, -0.25) is 24.1 Å². The number of carbonyl (C=O) groups excluding carboxylic acids is 3. The van der Waals surface area contributed by atoms with E-state index in [1.54, 1.807) is 0 Å². The summed E-state index contributed by atoms with van der Waals surface area (Å²) >= 11 is 0. The van der Waals surface area contributed by atoms with Crippen molar-refractivity contribution in [2.75, 3.05) is 13.2 Å². The van der Waals surface area contributed by atoms with Gasteiger partial charge in [0.15, 0.2) is 0 Å². The number of aliphatic carboxylic acids is 1. The van der Waals surface area contributed by atoms with E-state index in [4.69, 9.17) is 4.74 Å². The van der Waals surface area contributed by atoms with Gasteiger partial charge in [0.05, 0.1) is 18.4 Å². The summed E-state index contributed by atoms with van der Waals surface area (Å²) in [6.07, 6.45) is 4.82. The van der Waals surface area contributed by atoms with Gasteiger partial charge in [-0.25, -0.2) is 0 Å². The van der Waals surface area contributed by atoms with Crippen LogP contribution < -0.4 is 0 Å². The maximum atomic E-state index is 12.2. The molecule has 22 heavy (non-hydrogen) atoms. The van der Waals surface area contributed by atoms with Crippen molar-refractivity contribution >= 4 is 23.8 Å². The molecule has 2 amide bonds. The number of carbonyl (C=O) groups is 4. The van der Waals surface area contributed by atoms with Gasteiger partial charge in [0.1, 0.15) is 6.61 Å². The Balaban J connectivity index is 1.55. The lowest BCUT2D eigenvalue weighted by Gasteiger charge is -2.26. The minimum absolute atomic E-state index is 0.00500. The van der Waals surface area contributed by atoms with Gasteiger partial charge in [0.2, 0.25) is 0 Å². The van der Waals surface area contributed by atoms with E-state index in [1.807, 2.05) is 0 Å². The van der Waals surface area contributed by atoms with E-state index in [0.717, 1.165) is 24.2 Å². The molecule has 3 rings (SSSR count). The number of carboxylic acids is 1. The summed E-state index contributed by atoms with van der Waals surface area (Å²) in [5.74, 6) is -3.44. The van der Waals surface area contributed by atoms with Crippen molar-refractivity contribution in [1.29, 1.82) is 0 Å². The first-order chi connectivity index (χ1) is 10.5. The Kier molecular flexibility index (Phi) is 3.72. The van der Waals surface area contributed by atoms with Crippen molar-refractivity contribution in [3.8, 4) is 0 Å². The number of imide groups is 1. The normalized spacial score (nSPS) is 32.8. The third-order valence-corrected chi connectivity index (χ3v) is 4.93.